The van der Waals surface area contributed by atoms with E-state index in [1.165, 1.54) is 13.1 Å². The Morgan fingerprint density at radius 2 is 1.83 bits per heavy atom. The number of fused-ring (bicyclic) bond motifs is 1. The number of amides is 2. The molecule has 2 amide bonds. The molecule has 0 saturated carbocycles. The Labute approximate surface area is 137 Å². The molecule has 6 nitrogen and oxygen atoms in total. The van der Waals surface area contributed by atoms with Crippen LogP contribution in [0.15, 0.2) is 36.4 Å². The fourth-order valence-electron chi connectivity index (χ4n) is 2.18. The minimum atomic E-state index is -0.365. The van der Waals surface area contributed by atoms with Crippen molar-refractivity contribution in [3.63, 3.8) is 0 Å². The van der Waals surface area contributed by atoms with Gasteiger partial charge < -0.3 is 20.1 Å². The molecule has 0 bridgehead atoms. The van der Waals surface area contributed by atoms with Crippen molar-refractivity contribution < 1.29 is 19.1 Å². The molecule has 118 valence electrons. The average Bonchev–Trinajstić information content (AvgIpc) is 3.03. The van der Waals surface area contributed by atoms with Gasteiger partial charge in [-0.1, -0.05) is 11.6 Å². The lowest BCUT2D eigenvalue weighted by atomic mass is 10.1. The number of hydrogen-bond acceptors (Lipinski definition) is 4. The molecule has 0 radical (unpaired) electrons. The Morgan fingerprint density at radius 3 is 2.61 bits per heavy atom. The van der Waals surface area contributed by atoms with E-state index in [0.717, 1.165) is 0 Å². The van der Waals surface area contributed by atoms with Gasteiger partial charge in [-0.15, -0.1) is 0 Å². The third-order valence-corrected chi connectivity index (χ3v) is 3.57. The van der Waals surface area contributed by atoms with Crippen molar-refractivity contribution in [3.05, 3.63) is 52.5 Å². The molecule has 0 saturated heterocycles. The summed E-state index contributed by atoms with van der Waals surface area (Å²) in [5.41, 5.74) is 1.05. The molecule has 7 heteroatoms. The number of carbonyl (C=O) groups excluding carboxylic acids is 2. The van der Waals surface area contributed by atoms with Gasteiger partial charge in [0, 0.05) is 17.6 Å². The predicted molar refractivity (Wildman–Crippen MR) is 85.4 cm³/mol. The second-order valence-electron chi connectivity index (χ2n) is 4.79. The first-order valence-corrected chi connectivity index (χ1v) is 7.19. The lowest BCUT2D eigenvalue weighted by molar-refractivity contribution is 0.0964. The van der Waals surface area contributed by atoms with E-state index in [2.05, 4.69) is 10.6 Å². The molecule has 23 heavy (non-hydrogen) atoms. The smallest absolute Gasteiger partial charge is 0.255 e. The van der Waals surface area contributed by atoms with Crippen LogP contribution in [0.5, 0.6) is 11.5 Å². The van der Waals surface area contributed by atoms with Crippen molar-refractivity contribution in [1.29, 1.82) is 0 Å². The third kappa shape index (κ3) is 3.07. The summed E-state index contributed by atoms with van der Waals surface area (Å²) in [6.45, 7) is 0.137. The van der Waals surface area contributed by atoms with Crippen LogP contribution in [0.25, 0.3) is 0 Å². The Balaban J connectivity index is 1.87. The highest BCUT2D eigenvalue weighted by molar-refractivity contribution is 6.31. The van der Waals surface area contributed by atoms with Gasteiger partial charge in [-0.25, -0.2) is 0 Å². The van der Waals surface area contributed by atoms with Crippen LogP contribution in [-0.4, -0.2) is 25.7 Å². The highest BCUT2D eigenvalue weighted by Gasteiger charge is 2.18. The van der Waals surface area contributed by atoms with Crippen LogP contribution in [0, 0.1) is 0 Å². The van der Waals surface area contributed by atoms with Gasteiger partial charge in [0.05, 0.1) is 11.3 Å². The first kappa shape index (κ1) is 15.2. The zero-order valence-electron chi connectivity index (χ0n) is 12.2. The second kappa shape index (κ2) is 6.18. The SMILES string of the molecule is CNC(=O)c1cc(Cl)ccc1NC(=O)c1ccc2c(c1)OCO2. The highest BCUT2D eigenvalue weighted by Crippen LogP contribution is 2.32. The fraction of sp³-hybridized carbons (Fsp3) is 0.125. The van der Waals surface area contributed by atoms with Gasteiger partial charge in [-0.3, -0.25) is 9.59 Å². The molecule has 2 aromatic carbocycles. The molecule has 0 atom stereocenters. The summed E-state index contributed by atoms with van der Waals surface area (Å²) in [6, 6.07) is 9.56. The minimum absolute atomic E-state index is 0.137. The predicted octanol–water partition coefficient (Wildman–Crippen LogP) is 2.68. The van der Waals surface area contributed by atoms with E-state index in [9.17, 15) is 9.59 Å². The first-order chi connectivity index (χ1) is 11.1. The molecule has 0 fully saturated rings. The average molecular weight is 333 g/mol. The van der Waals surface area contributed by atoms with Gasteiger partial charge in [0.1, 0.15) is 0 Å². The Morgan fingerprint density at radius 1 is 1.04 bits per heavy atom. The van der Waals surface area contributed by atoms with Crippen molar-refractivity contribution in [2.45, 2.75) is 0 Å². The maximum atomic E-state index is 12.4. The molecular formula is C16H13ClN2O4. The Kier molecular flexibility index (Phi) is 4.08. The molecule has 0 aromatic heterocycles. The minimum Gasteiger partial charge on any atom is -0.454 e. The second-order valence-corrected chi connectivity index (χ2v) is 5.23. The van der Waals surface area contributed by atoms with E-state index in [4.69, 9.17) is 21.1 Å². The normalized spacial score (nSPS) is 11.9. The Hall–Kier alpha value is -2.73. The van der Waals surface area contributed by atoms with Gasteiger partial charge in [0.25, 0.3) is 11.8 Å². The van der Waals surface area contributed by atoms with E-state index in [1.807, 2.05) is 0 Å². The van der Waals surface area contributed by atoms with E-state index in [0.29, 0.717) is 27.8 Å². The van der Waals surface area contributed by atoms with Gasteiger partial charge in [0.15, 0.2) is 11.5 Å². The third-order valence-electron chi connectivity index (χ3n) is 3.34. The standard InChI is InChI=1S/C16H13ClN2O4/c1-18-16(21)11-7-10(17)3-4-12(11)19-15(20)9-2-5-13-14(6-9)23-8-22-13/h2-7H,8H2,1H3,(H,18,21)(H,19,20). The highest BCUT2D eigenvalue weighted by atomic mass is 35.5. The van der Waals surface area contributed by atoms with Crippen LogP contribution in [0.2, 0.25) is 5.02 Å². The van der Waals surface area contributed by atoms with Gasteiger partial charge in [0.2, 0.25) is 6.79 Å². The summed E-state index contributed by atoms with van der Waals surface area (Å²) in [6.07, 6.45) is 0. The van der Waals surface area contributed by atoms with Crippen molar-refractivity contribution in [1.82, 2.24) is 5.32 Å². The van der Waals surface area contributed by atoms with Crippen molar-refractivity contribution >= 4 is 29.1 Å². The quantitative estimate of drug-likeness (QED) is 0.906. The van der Waals surface area contributed by atoms with Crippen molar-refractivity contribution in [3.8, 4) is 11.5 Å². The summed E-state index contributed by atoms with van der Waals surface area (Å²) in [7, 11) is 1.51. The zero-order chi connectivity index (χ0) is 16.4. The molecule has 0 aliphatic carbocycles. The molecule has 2 N–H and O–H groups in total. The summed E-state index contributed by atoms with van der Waals surface area (Å²) < 4.78 is 10.5. The molecule has 1 aliphatic heterocycles. The van der Waals surface area contributed by atoms with Crippen LogP contribution in [0.4, 0.5) is 5.69 Å². The van der Waals surface area contributed by atoms with E-state index in [1.54, 1.807) is 30.3 Å². The Bertz CT molecular complexity index is 792. The number of halogens is 1. The summed E-state index contributed by atoms with van der Waals surface area (Å²) in [5.74, 6) is 0.406. The maximum absolute atomic E-state index is 12.4. The number of benzene rings is 2. The van der Waals surface area contributed by atoms with Crippen LogP contribution >= 0.6 is 11.6 Å². The molecule has 1 aliphatic rings. The number of ether oxygens (including phenoxy) is 2. The van der Waals surface area contributed by atoms with Crippen molar-refractivity contribution in [2.24, 2.45) is 0 Å². The summed E-state index contributed by atoms with van der Waals surface area (Å²) >= 11 is 5.91. The molecule has 1 heterocycles. The monoisotopic (exact) mass is 332 g/mol. The maximum Gasteiger partial charge on any atom is 0.255 e. The molecular weight excluding hydrogens is 320 g/mol. The fourth-order valence-corrected chi connectivity index (χ4v) is 2.35. The molecule has 0 spiro atoms. The first-order valence-electron chi connectivity index (χ1n) is 6.81. The number of nitrogens with one attached hydrogen (secondary N) is 2. The van der Waals surface area contributed by atoms with Gasteiger partial charge >= 0.3 is 0 Å². The number of rotatable bonds is 3. The number of carbonyl (C=O) groups is 2. The molecule has 3 rings (SSSR count). The summed E-state index contributed by atoms with van der Waals surface area (Å²) in [5, 5.41) is 5.62. The van der Waals surface area contributed by atoms with Crippen molar-refractivity contribution in [2.75, 3.05) is 19.2 Å². The van der Waals surface area contributed by atoms with Gasteiger partial charge in [-0.05, 0) is 36.4 Å². The van der Waals surface area contributed by atoms with E-state index < -0.39 is 0 Å². The lowest BCUT2D eigenvalue weighted by Crippen LogP contribution is -2.21. The van der Waals surface area contributed by atoms with Gasteiger partial charge in [-0.2, -0.15) is 0 Å². The molecule has 0 unspecified atom stereocenters. The van der Waals surface area contributed by atoms with Crippen LogP contribution in [0.1, 0.15) is 20.7 Å². The summed E-state index contributed by atoms with van der Waals surface area (Å²) in [4.78, 5) is 24.3. The van der Waals surface area contributed by atoms with E-state index >= 15 is 0 Å². The number of anilines is 1. The van der Waals surface area contributed by atoms with E-state index in [-0.39, 0.29) is 24.2 Å². The lowest BCUT2D eigenvalue weighted by Gasteiger charge is -2.11. The largest absolute Gasteiger partial charge is 0.454 e. The number of hydrogen-bond donors (Lipinski definition) is 2. The van der Waals surface area contributed by atoms with Crippen LogP contribution in [-0.2, 0) is 0 Å². The van der Waals surface area contributed by atoms with Crippen LogP contribution in [0.3, 0.4) is 0 Å². The molecule has 2 aromatic rings. The topological polar surface area (TPSA) is 76.7 Å². The van der Waals surface area contributed by atoms with Crippen LogP contribution < -0.4 is 20.1 Å². The zero-order valence-corrected chi connectivity index (χ0v) is 12.9.